The van der Waals surface area contributed by atoms with Gasteiger partial charge in [-0.1, -0.05) is 24.3 Å². The number of carbonyl (C=O) groups is 1. The number of hydrogen-bond acceptors (Lipinski definition) is 9. The van der Waals surface area contributed by atoms with Crippen LogP contribution in [0.2, 0.25) is 0 Å². The van der Waals surface area contributed by atoms with Gasteiger partial charge < -0.3 is 31.7 Å². The molecule has 0 amide bonds. The van der Waals surface area contributed by atoms with Crippen LogP contribution in [-0.2, 0) is 17.6 Å². The summed E-state index contributed by atoms with van der Waals surface area (Å²) in [6, 6.07) is 9.18. The van der Waals surface area contributed by atoms with E-state index >= 15 is 0 Å². The third kappa shape index (κ3) is 4.12. The summed E-state index contributed by atoms with van der Waals surface area (Å²) >= 11 is 0. The molecule has 10 heteroatoms. The van der Waals surface area contributed by atoms with Crippen molar-refractivity contribution in [3.8, 4) is 22.9 Å². The Bertz CT molecular complexity index is 1170. The molecular formula is C22H24N6O4. The van der Waals surface area contributed by atoms with E-state index in [1.165, 1.54) is 0 Å². The summed E-state index contributed by atoms with van der Waals surface area (Å²) in [4.78, 5) is 26.1. The number of aliphatic carboxylic acids is 1. The first kappa shape index (κ1) is 21.3. The van der Waals surface area contributed by atoms with E-state index in [9.17, 15) is 15.0 Å². The minimum atomic E-state index is -1.05. The number of carboxylic acids is 1. The van der Waals surface area contributed by atoms with Crippen LogP contribution in [0, 0.1) is 0 Å². The van der Waals surface area contributed by atoms with Gasteiger partial charge in [0.25, 0.3) is 0 Å². The fourth-order valence-corrected chi connectivity index (χ4v) is 3.89. The highest BCUT2D eigenvalue weighted by Gasteiger charge is 2.28. The van der Waals surface area contributed by atoms with Gasteiger partial charge in [-0.15, -0.1) is 0 Å². The molecule has 0 saturated heterocycles. The first-order valence-corrected chi connectivity index (χ1v) is 10.1. The van der Waals surface area contributed by atoms with Crippen molar-refractivity contribution in [3.05, 3.63) is 53.1 Å². The Morgan fingerprint density at radius 1 is 1.16 bits per heavy atom. The lowest BCUT2D eigenvalue weighted by Gasteiger charge is -2.35. The van der Waals surface area contributed by atoms with Crippen LogP contribution in [0.25, 0.3) is 11.4 Å². The molecule has 7 N–H and O–H groups in total. The number of nitrogens with two attached hydrogens (primary N) is 2. The van der Waals surface area contributed by atoms with Crippen LogP contribution in [0.1, 0.15) is 29.7 Å². The number of hydrogen-bond donors (Lipinski definition) is 5. The summed E-state index contributed by atoms with van der Waals surface area (Å²) in [6.45, 7) is 2.57. The van der Waals surface area contributed by atoms with Gasteiger partial charge in [0.1, 0.15) is 6.04 Å². The van der Waals surface area contributed by atoms with Gasteiger partial charge in [-0.2, -0.15) is 15.0 Å². The maximum atomic E-state index is 11.0. The number of anilines is 2. The van der Waals surface area contributed by atoms with E-state index in [2.05, 4.69) is 15.0 Å². The maximum absolute atomic E-state index is 11.0. The molecule has 32 heavy (non-hydrogen) atoms. The molecule has 166 valence electrons. The molecule has 2 aromatic carbocycles. The lowest BCUT2D eigenvalue weighted by atomic mass is 9.93. The lowest BCUT2D eigenvalue weighted by molar-refractivity contribution is -0.138. The molecule has 0 bridgehead atoms. The van der Waals surface area contributed by atoms with Crippen molar-refractivity contribution in [1.29, 1.82) is 0 Å². The maximum Gasteiger partial charge on any atom is 0.320 e. The van der Waals surface area contributed by atoms with E-state index in [0.717, 1.165) is 16.7 Å². The van der Waals surface area contributed by atoms with Crippen LogP contribution in [-0.4, -0.2) is 48.8 Å². The van der Waals surface area contributed by atoms with Crippen molar-refractivity contribution in [2.24, 2.45) is 5.73 Å². The number of aromatic hydroxyl groups is 2. The van der Waals surface area contributed by atoms with Gasteiger partial charge in [-0.25, -0.2) is 0 Å². The van der Waals surface area contributed by atoms with Gasteiger partial charge in [0.15, 0.2) is 17.3 Å². The number of carboxylic acid groups (broad SMARTS) is 1. The van der Waals surface area contributed by atoms with Crippen LogP contribution < -0.4 is 16.4 Å². The molecule has 1 aliphatic heterocycles. The zero-order chi connectivity index (χ0) is 23.0. The molecule has 3 aromatic rings. The zero-order valence-electron chi connectivity index (χ0n) is 17.4. The number of nitrogens with zero attached hydrogens (tertiary/aromatic N) is 4. The quantitative estimate of drug-likeness (QED) is 0.370. The number of benzene rings is 2. The van der Waals surface area contributed by atoms with Gasteiger partial charge in [0, 0.05) is 12.1 Å². The first-order chi connectivity index (χ1) is 15.2. The highest BCUT2D eigenvalue weighted by Crippen LogP contribution is 2.38. The molecule has 4 rings (SSSR count). The average Bonchev–Trinajstić information content (AvgIpc) is 2.75. The van der Waals surface area contributed by atoms with E-state index in [4.69, 9.17) is 16.6 Å². The van der Waals surface area contributed by atoms with Crippen molar-refractivity contribution in [2.75, 3.05) is 17.2 Å². The fourth-order valence-electron chi connectivity index (χ4n) is 3.89. The lowest BCUT2D eigenvalue weighted by Crippen LogP contribution is -2.35. The number of phenolic OH excluding ortho intramolecular Hbond substituents is 2. The molecule has 0 radical (unpaired) electrons. The van der Waals surface area contributed by atoms with Crippen molar-refractivity contribution in [1.82, 2.24) is 15.0 Å². The molecule has 10 nitrogen and oxygen atoms in total. The topological polar surface area (TPSA) is 172 Å². The molecule has 2 heterocycles. The summed E-state index contributed by atoms with van der Waals surface area (Å²) in [7, 11) is 0. The minimum absolute atomic E-state index is 0.0773. The highest BCUT2D eigenvalue weighted by molar-refractivity contribution is 5.73. The number of phenols is 2. The Morgan fingerprint density at radius 2 is 1.84 bits per heavy atom. The van der Waals surface area contributed by atoms with Crippen LogP contribution >= 0.6 is 0 Å². The van der Waals surface area contributed by atoms with Crippen LogP contribution in [0.15, 0.2) is 36.4 Å². The van der Waals surface area contributed by atoms with Gasteiger partial charge in [0.05, 0.1) is 6.04 Å². The van der Waals surface area contributed by atoms with Crippen molar-refractivity contribution >= 4 is 17.9 Å². The van der Waals surface area contributed by atoms with Crippen LogP contribution in [0.4, 0.5) is 11.9 Å². The molecule has 1 aromatic heterocycles. The first-order valence-electron chi connectivity index (χ1n) is 10.1. The van der Waals surface area contributed by atoms with Crippen molar-refractivity contribution in [2.45, 2.75) is 31.8 Å². The molecule has 2 atom stereocenters. The van der Waals surface area contributed by atoms with Crippen molar-refractivity contribution < 1.29 is 20.1 Å². The Labute approximate surface area is 184 Å². The molecule has 0 aliphatic carbocycles. The molecule has 0 saturated carbocycles. The predicted octanol–water partition coefficient (Wildman–Crippen LogP) is 1.61. The Balaban J connectivity index is 1.62. The van der Waals surface area contributed by atoms with Crippen LogP contribution in [0.5, 0.6) is 11.5 Å². The van der Waals surface area contributed by atoms with E-state index in [0.29, 0.717) is 30.3 Å². The zero-order valence-corrected chi connectivity index (χ0v) is 17.4. The monoisotopic (exact) mass is 436 g/mol. The number of aromatic nitrogens is 3. The summed E-state index contributed by atoms with van der Waals surface area (Å²) < 4.78 is 0. The second-order valence-corrected chi connectivity index (χ2v) is 7.82. The van der Waals surface area contributed by atoms with E-state index in [-0.39, 0.29) is 29.9 Å². The molecule has 2 unspecified atom stereocenters. The number of fused-ring (bicyclic) bond motifs is 1. The van der Waals surface area contributed by atoms with Crippen molar-refractivity contribution in [3.63, 3.8) is 0 Å². The summed E-state index contributed by atoms with van der Waals surface area (Å²) in [5.41, 5.74) is 14.9. The van der Waals surface area contributed by atoms with E-state index < -0.39 is 12.0 Å². The average molecular weight is 436 g/mol. The molecule has 0 spiro atoms. The third-order valence-electron chi connectivity index (χ3n) is 5.66. The Hall–Kier alpha value is -3.92. The van der Waals surface area contributed by atoms with Crippen LogP contribution in [0.3, 0.4) is 0 Å². The van der Waals surface area contributed by atoms with Gasteiger partial charge >= 0.3 is 5.97 Å². The predicted molar refractivity (Wildman–Crippen MR) is 118 cm³/mol. The third-order valence-corrected chi connectivity index (χ3v) is 5.66. The second kappa shape index (κ2) is 8.31. The summed E-state index contributed by atoms with van der Waals surface area (Å²) in [5, 5.41) is 28.7. The SMILES string of the molecule is CC1c2cc(O)c(O)cc2CCN1c1nc(N)nc(-c2ccc(CC(N)C(=O)O)cc2)n1. The fraction of sp³-hybridized carbons (Fsp3) is 0.273. The van der Waals surface area contributed by atoms with Gasteiger partial charge in [-0.3, -0.25) is 4.79 Å². The van der Waals surface area contributed by atoms with Gasteiger partial charge in [0.2, 0.25) is 11.9 Å². The summed E-state index contributed by atoms with van der Waals surface area (Å²) in [5.74, 6) is -0.471. The highest BCUT2D eigenvalue weighted by atomic mass is 16.4. The second-order valence-electron chi connectivity index (χ2n) is 7.82. The standard InChI is InChI=1S/C22H24N6O4/c1-11-15-10-18(30)17(29)9-14(15)6-7-28(11)22-26-19(25-21(24)27-22)13-4-2-12(3-5-13)8-16(23)20(31)32/h2-5,9-11,16,29-30H,6-8,23H2,1H3,(H,31,32)(H2,24,25,26,27). The normalized spacial score (nSPS) is 16.4. The minimum Gasteiger partial charge on any atom is -0.504 e. The molecular weight excluding hydrogens is 412 g/mol. The Kier molecular flexibility index (Phi) is 5.54. The molecule has 1 aliphatic rings. The Morgan fingerprint density at radius 3 is 2.53 bits per heavy atom. The summed E-state index contributed by atoms with van der Waals surface area (Å²) in [6.07, 6.45) is 0.861. The number of nitrogen functional groups attached to an aromatic ring is 1. The molecule has 0 fully saturated rings. The smallest absolute Gasteiger partial charge is 0.320 e. The van der Waals surface area contributed by atoms with Gasteiger partial charge in [-0.05, 0) is 48.6 Å². The largest absolute Gasteiger partial charge is 0.504 e. The van der Waals surface area contributed by atoms with E-state index in [1.54, 1.807) is 36.4 Å². The van der Waals surface area contributed by atoms with E-state index in [1.807, 2.05) is 11.8 Å². The number of rotatable bonds is 5.